The van der Waals surface area contributed by atoms with Crippen molar-refractivity contribution < 1.29 is 0 Å². The minimum atomic E-state index is 0.473. The van der Waals surface area contributed by atoms with Crippen molar-refractivity contribution >= 4 is 0 Å². The summed E-state index contributed by atoms with van der Waals surface area (Å²) in [4.78, 5) is 7.68. The van der Waals surface area contributed by atoms with Crippen molar-refractivity contribution in [3.05, 3.63) is 37.5 Å². The van der Waals surface area contributed by atoms with Crippen molar-refractivity contribution in [3.8, 4) is 0 Å². The number of hydrogen-bond acceptors (Lipinski definition) is 3. The van der Waals surface area contributed by atoms with E-state index >= 15 is 0 Å². The summed E-state index contributed by atoms with van der Waals surface area (Å²) in [7, 11) is 0. The summed E-state index contributed by atoms with van der Waals surface area (Å²) >= 11 is 0. The Kier molecular flexibility index (Phi) is 9.37. The van der Waals surface area contributed by atoms with Gasteiger partial charge >= 0.3 is 0 Å². The highest BCUT2D eigenvalue weighted by Crippen LogP contribution is 2.16. The number of nitrogens with zero attached hydrogens (tertiary/aromatic N) is 3. The maximum atomic E-state index is 4.24. The van der Waals surface area contributed by atoms with E-state index in [0.29, 0.717) is 6.04 Å². The van der Waals surface area contributed by atoms with Crippen LogP contribution in [-0.4, -0.2) is 73.1 Å². The zero-order valence-corrected chi connectivity index (χ0v) is 14.8. The molecule has 0 bridgehead atoms. The van der Waals surface area contributed by atoms with Crippen LogP contribution in [0.15, 0.2) is 37.5 Å². The Balaban J connectivity index is 2.78. The number of hydrogen-bond donors (Lipinski definition) is 0. The van der Waals surface area contributed by atoms with Crippen LogP contribution < -0.4 is 0 Å². The zero-order valence-electron chi connectivity index (χ0n) is 14.8. The first kappa shape index (κ1) is 19.1. The van der Waals surface area contributed by atoms with Crippen molar-refractivity contribution in [3.63, 3.8) is 0 Å². The van der Waals surface area contributed by atoms with E-state index in [4.69, 9.17) is 0 Å². The fraction of sp³-hybridized carbons (Fsp3) is 0.684. The van der Waals surface area contributed by atoms with E-state index in [1.54, 1.807) is 0 Å². The minimum absolute atomic E-state index is 0.473. The van der Waals surface area contributed by atoms with Gasteiger partial charge in [-0.1, -0.05) is 31.2 Å². The molecule has 3 heteroatoms. The summed E-state index contributed by atoms with van der Waals surface area (Å²) < 4.78 is 0. The second-order valence-corrected chi connectivity index (χ2v) is 6.29. The molecular weight excluding hydrogens is 270 g/mol. The highest BCUT2D eigenvalue weighted by molar-refractivity contribution is 5.03. The molecule has 1 heterocycles. The lowest BCUT2D eigenvalue weighted by Crippen LogP contribution is -2.43. The molecule has 22 heavy (non-hydrogen) atoms. The molecule has 126 valence electrons. The Bertz CT molecular complexity index is 351. The zero-order chi connectivity index (χ0) is 16.4. The predicted octanol–water partition coefficient (Wildman–Crippen LogP) is 3.02. The van der Waals surface area contributed by atoms with Gasteiger partial charge in [-0.15, -0.1) is 13.2 Å². The largest absolute Gasteiger partial charge is 0.301 e. The Labute approximate surface area is 138 Å². The molecule has 1 atom stereocenters. The van der Waals surface area contributed by atoms with Gasteiger partial charge in [0.25, 0.3) is 0 Å². The van der Waals surface area contributed by atoms with Crippen LogP contribution in [-0.2, 0) is 0 Å². The van der Waals surface area contributed by atoms with Crippen LogP contribution in [0, 0.1) is 0 Å². The van der Waals surface area contributed by atoms with Crippen LogP contribution >= 0.6 is 0 Å². The topological polar surface area (TPSA) is 9.72 Å². The Morgan fingerprint density at radius 1 is 1.00 bits per heavy atom. The smallest absolute Gasteiger partial charge is 0.0306 e. The van der Waals surface area contributed by atoms with Gasteiger partial charge in [0.05, 0.1) is 0 Å². The van der Waals surface area contributed by atoms with Gasteiger partial charge in [-0.2, -0.15) is 0 Å². The van der Waals surface area contributed by atoms with E-state index in [-0.39, 0.29) is 0 Å². The lowest BCUT2D eigenvalue weighted by atomic mass is 10.0. The van der Waals surface area contributed by atoms with Gasteiger partial charge in [0.15, 0.2) is 0 Å². The normalized spacial score (nSPS) is 20.6. The molecule has 0 aliphatic carbocycles. The Morgan fingerprint density at radius 3 is 2.14 bits per heavy atom. The van der Waals surface area contributed by atoms with Gasteiger partial charge in [-0.05, 0) is 26.3 Å². The van der Waals surface area contributed by atoms with Gasteiger partial charge in [0.1, 0.15) is 0 Å². The van der Waals surface area contributed by atoms with Gasteiger partial charge in [0.2, 0.25) is 0 Å². The van der Waals surface area contributed by atoms with Crippen LogP contribution in [0.4, 0.5) is 0 Å². The molecule has 0 radical (unpaired) electrons. The summed E-state index contributed by atoms with van der Waals surface area (Å²) in [6.45, 7) is 25.3. The number of likely N-dealkylation sites (N-methyl/N-ethyl adjacent to an activating group) is 1. The first-order valence-corrected chi connectivity index (χ1v) is 8.68. The predicted molar refractivity (Wildman–Crippen MR) is 98.4 cm³/mol. The van der Waals surface area contributed by atoms with Crippen LogP contribution in [0.5, 0.6) is 0 Å². The van der Waals surface area contributed by atoms with Gasteiger partial charge in [-0.3, -0.25) is 9.80 Å². The van der Waals surface area contributed by atoms with E-state index in [9.17, 15) is 0 Å². The van der Waals surface area contributed by atoms with Crippen molar-refractivity contribution in [2.45, 2.75) is 32.7 Å². The lowest BCUT2D eigenvalue weighted by molar-refractivity contribution is 0.180. The lowest BCUT2D eigenvalue weighted by Gasteiger charge is -2.33. The molecule has 0 saturated carbocycles. The van der Waals surface area contributed by atoms with Crippen LogP contribution in [0.3, 0.4) is 0 Å². The second-order valence-electron chi connectivity index (χ2n) is 6.29. The molecule has 1 unspecified atom stereocenters. The Hall–Kier alpha value is -0.900. The van der Waals surface area contributed by atoms with Crippen molar-refractivity contribution in [1.82, 2.24) is 14.7 Å². The van der Waals surface area contributed by atoms with Crippen molar-refractivity contribution in [2.75, 3.05) is 52.4 Å². The minimum Gasteiger partial charge on any atom is -0.301 e. The first-order valence-electron chi connectivity index (χ1n) is 8.68. The Morgan fingerprint density at radius 2 is 1.59 bits per heavy atom. The molecule has 0 spiro atoms. The van der Waals surface area contributed by atoms with Crippen molar-refractivity contribution in [1.29, 1.82) is 0 Å². The molecule has 3 nitrogen and oxygen atoms in total. The van der Waals surface area contributed by atoms with E-state index < -0.39 is 0 Å². The van der Waals surface area contributed by atoms with Crippen LogP contribution in [0.25, 0.3) is 0 Å². The molecule has 0 N–H and O–H groups in total. The molecule has 1 aliphatic rings. The highest BCUT2D eigenvalue weighted by Gasteiger charge is 2.21. The highest BCUT2D eigenvalue weighted by atomic mass is 15.3. The summed E-state index contributed by atoms with van der Waals surface area (Å²) in [5.74, 6) is 0. The first-order chi connectivity index (χ1) is 10.6. The molecule has 1 fully saturated rings. The molecule has 0 aromatic heterocycles. The molecule has 1 rings (SSSR count). The summed E-state index contributed by atoms with van der Waals surface area (Å²) in [5.41, 5.74) is 1.28. The quantitative estimate of drug-likeness (QED) is 0.638. The average Bonchev–Trinajstić information content (AvgIpc) is 2.59. The van der Waals surface area contributed by atoms with Gasteiger partial charge < -0.3 is 4.90 Å². The third kappa shape index (κ3) is 6.47. The molecule has 0 aromatic rings. The molecule has 1 saturated heterocycles. The van der Waals surface area contributed by atoms with E-state index in [2.05, 4.69) is 48.3 Å². The monoisotopic (exact) mass is 305 g/mol. The summed E-state index contributed by atoms with van der Waals surface area (Å²) in [6.07, 6.45) is 6.23. The fourth-order valence-corrected chi connectivity index (χ4v) is 3.17. The molecule has 0 amide bonds. The van der Waals surface area contributed by atoms with E-state index in [0.717, 1.165) is 65.2 Å². The van der Waals surface area contributed by atoms with E-state index in [1.807, 2.05) is 12.2 Å². The second kappa shape index (κ2) is 10.8. The maximum absolute atomic E-state index is 4.24. The third-order valence-corrected chi connectivity index (χ3v) is 4.63. The maximum Gasteiger partial charge on any atom is 0.0306 e. The van der Waals surface area contributed by atoms with E-state index in [1.165, 1.54) is 5.57 Å². The standard InChI is InChI=1S/C19H35N3/c1-6-9-10-19(18(4)5)22-16-14-20(8-3)12-13-21(11-7-2)15-17-22/h6-7,19H,1-2,4,8-17H2,3,5H3. The number of rotatable bonds is 8. The molecule has 0 aromatic carbocycles. The van der Waals surface area contributed by atoms with Crippen LogP contribution in [0.1, 0.15) is 26.7 Å². The van der Waals surface area contributed by atoms with Crippen LogP contribution in [0.2, 0.25) is 0 Å². The summed E-state index contributed by atoms with van der Waals surface area (Å²) in [6, 6.07) is 0.473. The summed E-state index contributed by atoms with van der Waals surface area (Å²) in [5, 5.41) is 0. The van der Waals surface area contributed by atoms with Crippen molar-refractivity contribution in [2.24, 2.45) is 0 Å². The van der Waals surface area contributed by atoms with Gasteiger partial charge in [0, 0.05) is 51.9 Å². The van der Waals surface area contributed by atoms with Gasteiger partial charge in [-0.25, -0.2) is 0 Å². The molecule has 1 aliphatic heterocycles. The SMILES string of the molecule is C=CCCC(C(=C)C)N1CCN(CC)CCN(CC=C)CC1. The third-order valence-electron chi connectivity index (χ3n) is 4.63. The average molecular weight is 306 g/mol. The molecular formula is C19H35N3. The number of allylic oxidation sites excluding steroid dienone is 1. The fourth-order valence-electron chi connectivity index (χ4n) is 3.17.